The van der Waals surface area contributed by atoms with Crippen molar-refractivity contribution < 1.29 is 4.79 Å². The van der Waals surface area contributed by atoms with Crippen LogP contribution in [0, 0.1) is 12.8 Å². The van der Waals surface area contributed by atoms with Crippen LogP contribution >= 0.6 is 0 Å². The van der Waals surface area contributed by atoms with Crippen molar-refractivity contribution in [2.45, 2.75) is 39.2 Å². The SMILES string of the molecule is Cc1nc(C(=O)NC(C)(C)C2CC2)n[nH]1. The van der Waals surface area contributed by atoms with Crippen molar-refractivity contribution in [3.63, 3.8) is 0 Å². The van der Waals surface area contributed by atoms with Crippen molar-refractivity contribution in [1.29, 1.82) is 0 Å². The lowest BCUT2D eigenvalue weighted by Crippen LogP contribution is -2.45. The summed E-state index contributed by atoms with van der Waals surface area (Å²) in [6, 6.07) is 0. The largest absolute Gasteiger partial charge is 0.344 e. The average molecular weight is 208 g/mol. The summed E-state index contributed by atoms with van der Waals surface area (Å²) >= 11 is 0. The summed E-state index contributed by atoms with van der Waals surface area (Å²) in [5.41, 5.74) is -0.147. The fourth-order valence-electron chi connectivity index (χ4n) is 1.70. The highest BCUT2D eigenvalue weighted by atomic mass is 16.2. The number of hydrogen-bond donors (Lipinski definition) is 2. The van der Waals surface area contributed by atoms with Gasteiger partial charge in [-0.2, -0.15) is 0 Å². The molecule has 1 aliphatic carbocycles. The Morgan fingerprint density at radius 1 is 1.53 bits per heavy atom. The molecule has 0 atom stereocenters. The molecule has 2 N–H and O–H groups in total. The van der Waals surface area contributed by atoms with E-state index < -0.39 is 0 Å². The maximum Gasteiger partial charge on any atom is 0.291 e. The van der Waals surface area contributed by atoms with Gasteiger partial charge < -0.3 is 5.32 Å². The number of carbonyl (C=O) groups is 1. The lowest BCUT2D eigenvalue weighted by Gasteiger charge is -2.25. The maximum atomic E-state index is 11.7. The van der Waals surface area contributed by atoms with Gasteiger partial charge >= 0.3 is 0 Å². The number of carbonyl (C=O) groups excluding carboxylic acids is 1. The van der Waals surface area contributed by atoms with Gasteiger partial charge in [-0.05, 0) is 39.5 Å². The van der Waals surface area contributed by atoms with Crippen molar-refractivity contribution in [3.05, 3.63) is 11.6 Å². The molecule has 0 spiro atoms. The minimum Gasteiger partial charge on any atom is -0.344 e. The standard InChI is InChI=1S/C10H16N4O/c1-6-11-8(14-13-6)9(15)12-10(2,3)7-4-5-7/h7H,4-5H2,1-3H3,(H,12,15)(H,11,13,14). The first kappa shape index (κ1) is 10.1. The minimum atomic E-state index is -0.198. The van der Waals surface area contributed by atoms with Crippen LogP contribution in [-0.4, -0.2) is 26.6 Å². The first-order chi connectivity index (χ1) is 6.99. The van der Waals surface area contributed by atoms with Crippen LogP contribution in [0.1, 0.15) is 43.1 Å². The first-order valence-corrected chi connectivity index (χ1v) is 5.20. The molecule has 1 saturated carbocycles. The van der Waals surface area contributed by atoms with Crippen LogP contribution in [-0.2, 0) is 0 Å². The highest BCUT2D eigenvalue weighted by Gasteiger charge is 2.39. The van der Waals surface area contributed by atoms with Crippen molar-refractivity contribution in [3.8, 4) is 0 Å². The Labute approximate surface area is 88.7 Å². The summed E-state index contributed by atoms with van der Waals surface area (Å²) in [5, 5.41) is 9.45. The molecule has 1 aliphatic rings. The van der Waals surface area contributed by atoms with E-state index in [-0.39, 0.29) is 17.3 Å². The molecule has 0 saturated heterocycles. The molecule has 5 heteroatoms. The summed E-state index contributed by atoms with van der Waals surface area (Å²) < 4.78 is 0. The highest BCUT2D eigenvalue weighted by Crippen LogP contribution is 2.39. The molecule has 1 aromatic rings. The summed E-state index contributed by atoms with van der Waals surface area (Å²) in [7, 11) is 0. The average Bonchev–Trinajstić information content (AvgIpc) is 2.89. The van der Waals surface area contributed by atoms with E-state index in [2.05, 4.69) is 20.5 Å². The Hall–Kier alpha value is -1.39. The number of aryl methyl sites for hydroxylation is 1. The number of rotatable bonds is 3. The van der Waals surface area contributed by atoms with Crippen LogP contribution in [0.25, 0.3) is 0 Å². The van der Waals surface area contributed by atoms with Crippen LogP contribution in [0.3, 0.4) is 0 Å². The second-order valence-corrected chi connectivity index (χ2v) is 4.69. The van der Waals surface area contributed by atoms with Gasteiger partial charge in [-0.3, -0.25) is 9.89 Å². The summed E-state index contributed by atoms with van der Waals surface area (Å²) in [4.78, 5) is 15.7. The van der Waals surface area contributed by atoms with Gasteiger partial charge in [0.25, 0.3) is 5.91 Å². The topological polar surface area (TPSA) is 70.7 Å². The van der Waals surface area contributed by atoms with E-state index in [0.717, 1.165) is 0 Å². The molecule has 15 heavy (non-hydrogen) atoms. The number of aromatic amines is 1. The normalized spacial score (nSPS) is 16.5. The van der Waals surface area contributed by atoms with Crippen LogP contribution in [0.2, 0.25) is 0 Å². The Kier molecular flexibility index (Phi) is 2.25. The molecule has 1 aromatic heterocycles. The lowest BCUT2D eigenvalue weighted by atomic mass is 9.99. The quantitative estimate of drug-likeness (QED) is 0.779. The Morgan fingerprint density at radius 3 is 2.67 bits per heavy atom. The molecular weight excluding hydrogens is 192 g/mol. The third kappa shape index (κ3) is 2.16. The van der Waals surface area contributed by atoms with E-state index in [1.807, 2.05) is 13.8 Å². The molecule has 0 radical (unpaired) electrons. The Morgan fingerprint density at radius 2 is 2.20 bits per heavy atom. The van der Waals surface area contributed by atoms with E-state index in [9.17, 15) is 4.79 Å². The van der Waals surface area contributed by atoms with Crippen LogP contribution in [0.4, 0.5) is 0 Å². The zero-order valence-corrected chi connectivity index (χ0v) is 9.29. The zero-order chi connectivity index (χ0) is 11.1. The number of aromatic nitrogens is 3. The Balaban J connectivity index is 2.03. The zero-order valence-electron chi connectivity index (χ0n) is 9.29. The van der Waals surface area contributed by atoms with Gasteiger partial charge in [0.05, 0.1) is 0 Å². The smallest absolute Gasteiger partial charge is 0.291 e. The van der Waals surface area contributed by atoms with Gasteiger partial charge in [-0.15, -0.1) is 5.10 Å². The molecule has 0 aromatic carbocycles. The Bertz CT molecular complexity index is 379. The molecule has 2 rings (SSSR count). The summed E-state index contributed by atoms with van der Waals surface area (Å²) in [6.07, 6.45) is 2.39. The van der Waals surface area contributed by atoms with Crippen molar-refractivity contribution in [2.24, 2.45) is 5.92 Å². The first-order valence-electron chi connectivity index (χ1n) is 5.20. The highest BCUT2D eigenvalue weighted by molar-refractivity contribution is 5.90. The van der Waals surface area contributed by atoms with Crippen LogP contribution in [0.5, 0.6) is 0 Å². The van der Waals surface area contributed by atoms with Gasteiger partial charge in [0.15, 0.2) is 0 Å². The minimum absolute atomic E-state index is 0.147. The molecule has 1 fully saturated rings. The van der Waals surface area contributed by atoms with E-state index in [1.165, 1.54) is 12.8 Å². The molecule has 0 bridgehead atoms. The predicted octanol–water partition coefficient (Wildman–Crippen LogP) is 1.03. The van der Waals surface area contributed by atoms with Gasteiger partial charge in [0.1, 0.15) is 5.82 Å². The molecule has 0 unspecified atom stereocenters. The van der Waals surface area contributed by atoms with Gasteiger partial charge in [-0.1, -0.05) is 0 Å². The fourth-order valence-corrected chi connectivity index (χ4v) is 1.70. The van der Waals surface area contributed by atoms with Crippen molar-refractivity contribution >= 4 is 5.91 Å². The summed E-state index contributed by atoms with van der Waals surface area (Å²) in [6.45, 7) is 5.86. The molecule has 5 nitrogen and oxygen atoms in total. The maximum absolute atomic E-state index is 11.7. The number of hydrogen-bond acceptors (Lipinski definition) is 3. The van der Waals surface area contributed by atoms with Gasteiger partial charge in [0, 0.05) is 5.54 Å². The molecule has 1 heterocycles. The van der Waals surface area contributed by atoms with Crippen molar-refractivity contribution in [2.75, 3.05) is 0 Å². The third-order valence-corrected chi connectivity index (χ3v) is 2.83. The monoisotopic (exact) mass is 208 g/mol. The third-order valence-electron chi connectivity index (χ3n) is 2.83. The lowest BCUT2D eigenvalue weighted by molar-refractivity contribution is 0.0893. The summed E-state index contributed by atoms with van der Waals surface area (Å²) in [5.74, 6) is 1.28. The second kappa shape index (κ2) is 3.32. The second-order valence-electron chi connectivity index (χ2n) is 4.69. The van der Waals surface area contributed by atoms with Crippen LogP contribution in [0.15, 0.2) is 0 Å². The van der Waals surface area contributed by atoms with E-state index in [1.54, 1.807) is 6.92 Å². The number of H-pyrrole nitrogens is 1. The van der Waals surface area contributed by atoms with Gasteiger partial charge in [0.2, 0.25) is 5.82 Å². The molecular formula is C10H16N4O. The van der Waals surface area contributed by atoms with E-state index >= 15 is 0 Å². The van der Waals surface area contributed by atoms with Crippen LogP contribution < -0.4 is 5.32 Å². The number of amides is 1. The molecule has 0 aliphatic heterocycles. The van der Waals surface area contributed by atoms with Crippen molar-refractivity contribution in [1.82, 2.24) is 20.5 Å². The number of nitrogens with one attached hydrogen (secondary N) is 2. The molecule has 1 amide bonds. The van der Waals surface area contributed by atoms with Gasteiger partial charge in [-0.25, -0.2) is 4.98 Å². The van der Waals surface area contributed by atoms with E-state index in [0.29, 0.717) is 11.7 Å². The number of nitrogens with zero attached hydrogens (tertiary/aromatic N) is 2. The fraction of sp³-hybridized carbons (Fsp3) is 0.700. The predicted molar refractivity (Wildman–Crippen MR) is 55.4 cm³/mol. The molecule has 82 valence electrons. The van der Waals surface area contributed by atoms with E-state index in [4.69, 9.17) is 0 Å².